The van der Waals surface area contributed by atoms with Gasteiger partial charge in [-0.1, -0.05) is 0 Å². The normalized spacial score (nSPS) is 38.7. The minimum Gasteiger partial charge on any atom is -0.384 e. The Hall–Kier alpha value is -1.29. The van der Waals surface area contributed by atoms with E-state index in [1.807, 2.05) is 0 Å². The highest BCUT2D eigenvalue weighted by Crippen LogP contribution is 2.59. The van der Waals surface area contributed by atoms with Gasteiger partial charge in [0.25, 0.3) is 0 Å². The maximum absolute atomic E-state index is 6.24. The summed E-state index contributed by atoms with van der Waals surface area (Å²) in [5, 5.41) is 0. The molecule has 4 bridgehead atoms. The molecule has 0 amide bonds. The number of nitrogens with zero attached hydrogens (tertiary/aromatic N) is 3. The monoisotopic (exact) mass is 326 g/mol. The molecule has 6 rings (SSSR count). The Balaban J connectivity index is 1.44. The van der Waals surface area contributed by atoms with E-state index >= 15 is 0 Å². The number of hydrogen-bond acceptors (Lipinski definition) is 4. The summed E-state index contributed by atoms with van der Waals surface area (Å²) in [6, 6.07) is 4.47. The molecular weight excluding hydrogens is 296 g/mol. The molecule has 130 valence electrons. The molecule has 1 saturated heterocycles. The summed E-state index contributed by atoms with van der Waals surface area (Å²) in [4.78, 5) is 9.73. The highest BCUT2D eigenvalue weighted by Gasteiger charge is 2.49. The van der Waals surface area contributed by atoms with Crippen molar-refractivity contribution in [1.82, 2.24) is 9.88 Å². The number of piperazine rings is 1. The van der Waals surface area contributed by atoms with Crippen LogP contribution in [0.25, 0.3) is 0 Å². The van der Waals surface area contributed by atoms with E-state index in [4.69, 9.17) is 10.7 Å². The topological polar surface area (TPSA) is 45.4 Å². The average Bonchev–Trinajstić information content (AvgIpc) is 2.54. The maximum atomic E-state index is 6.24. The molecule has 1 aromatic heterocycles. The molecule has 4 heteroatoms. The number of aromatic nitrogens is 1. The Morgan fingerprint density at radius 3 is 2.17 bits per heavy atom. The van der Waals surface area contributed by atoms with Gasteiger partial charge in [0.05, 0.1) is 0 Å². The molecule has 5 aliphatic rings. The van der Waals surface area contributed by atoms with E-state index in [9.17, 15) is 0 Å². The van der Waals surface area contributed by atoms with E-state index < -0.39 is 0 Å². The van der Waals surface area contributed by atoms with Crippen LogP contribution >= 0.6 is 0 Å². The second-order valence-electron chi connectivity index (χ2n) is 8.92. The second-order valence-corrected chi connectivity index (χ2v) is 8.92. The van der Waals surface area contributed by atoms with Gasteiger partial charge in [-0.25, -0.2) is 4.98 Å². The molecule has 0 aromatic carbocycles. The molecular formula is C20H30N4. The van der Waals surface area contributed by atoms with E-state index in [1.165, 1.54) is 43.5 Å². The summed E-state index contributed by atoms with van der Waals surface area (Å²) >= 11 is 0. The van der Waals surface area contributed by atoms with Gasteiger partial charge in [0, 0.05) is 49.5 Å². The summed E-state index contributed by atoms with van der Waals surface area (Å²) in [5.74, 6) is 5.17. The van der Waals surface area contributed by atoms with E-state index in [1.54, 1.807) is 0 Å². The number of anilines is 2. The lowest BCUT2D eigenvalue weighted by Gasteiger charge is -2.54. The van der Waals surface area contributed by atoms with E-state index in [-0.39, 0.29) is 0 Å². The number of rotatable bonds is 2. The van der Waals surface area contributed by atoms with Crippen LogP contribution in [0.5, 0.6) is 0 Å². The average molecular weight is 326 g/mol. The van der Waals surface area contributed by atoms with Gasteiger partial charge in [-0.15, -0.1) is 0 Å². The standard InChI is InChI=1S/C20H30N4/c1-23-2-4-24(5-3-23)17-11-18(22-19(21)12-17)20-15-7-13-6-14(9-15)10-16(20)8-13/h11-16,20H,2-10H2,1H3,(H2,21,22). The molecule has 4 saturated carbocycles. The highest BCUT2D eigenvalue weighted by atomic mass is 15.2. The van der Waals surface area contributed by atoms with Crippen molar-refractivity contribution < 1.29 is 0 Å². The fourth-order valence-corrected chi connectivity index (χ4v) is 6.38. The summed E-state index contributed by atoms with van der Waals surface area (Å²) in [5.41, 5.74) is 8.85. The lowest BCUT2D eigenvalue weighted by Crippen LogP contribution is -2.45. The van der Waals surface area contributed by atoms with Crippen molar-refractivity contribution in [2.75, 3.05) is 43.9 Å². The number of pyridine rings is 1. The quantitative estimate of drug-likeness (QED) is 0.907. The number of nitrogens with two attached hydrogens (primary N) is 1. The van der Waals surface area contributed by atoms with Gasteiger partial charge in [0.1, 0.15) is 5.82 Å². The van der Waals surface area contributed by atoms with Crippen molar-refractivity contribution in [2.45, 2.75) is 38.0 Å². The summed E-state index contributed by atoms with van der Waals surface area (Å²) in [6.07, 6.45) is 7.28. The van der Waals surface area contributed by atoms with Crippen LogP contribution in [0.3, 0.4) is 0 Å². The van der Waals surface area contributed by atoms with Crippen LogP contribution < -0.4 is 10.6 Å². The second kappa shape index (κ2) is 5.62. The molecule has 2 heterocycles. The number of nitrogen functional groups attached to an aromatic ring is 1. The third kappa shape index (κ3) is 2.50. The predicted octanol–water partition coefficient (Wildman–Crippen LogP) is 2.96. The minimum atomic E-state index is 0.674. The van der Waals surface area contributed by atoms with E-state index in [0.717, 1.165) is 55.7 Å². The molecule has 5 fully saturated rings. The van der Waals surface area contributed by atoms with Gasteiger partial charge in [-0.05, 0) is 68.9 Å². The van der Waals surface area contributed by atoms with Crippen molar-refractivity contribution in [2.24, 2.45) is 23.7 Å². The molecule has 1 aromatic rings. The molecule has 4 nitrogen and oxygen atoms in total. The summed E-state index contributed by atoms with van der Waals surface area (Å²) in [6.45, 7) is 4.47. The molecule has 0 radical (unpaired) electrons. The largest absolute Gasteiger partial charge is 0.384 e. The molecule has 0 spiro atoms. The number of hydrogen-bond donors (Lipinski definition) is 1. The molecule has 4 aliphatic carbocycles. The third-order valence-electron chi connectivity index (χ3n) is 7.29. The third-order valence-corrected chi connectivity index (χ3v) is 7.29. The molecule has 24 heavy (non-hydrogen) atoms. The SMILES string of the molecule is CN1CCN(c2cc(N)nc(C3C4CC5CC(C4)CC3C5)c2)CC1. The van der Waals surface area contributed by atoms with E-state index in [2.05, 4.69) is 29.0 Å². The van der Waals surface area contributed by atoms with Gasteiger partial charge in [0.2, 0.25) is 0 Å². The Labute approximate surface area is 145 Å². The van der Waals surface area contributed by atoms with Crippen LogP contribution in [0, 0.1) is 23.7 Å². The van der Waals surface area contributed by atoms with Crippen molar-refractivity contribution in [3.8, 4) is 0 Å². The fourth-order valence-electron chi connectivity index (χ4n) is 6.38. The van der Waals surface area contributed by atoms with Gasteiger partial charge in [-0.2, -0.15) is 0 Å². The predicted molar refractivity (Wildman–Crippen MR) is 98.1 cm³/mol. The first-order chi connectivity index (χ1) is 11.7. The summed E-state index contributed by atoms with van der Waals surface area (Å²) < 4.78 is 0. The lowest BCUT2D eigenvalue weighted by molar-refractivity contribution is -0.00408. The first-order valence-electron chi connectivity index (χ1n) is 9.86. The summed E-state index contributed by atoms with van der Waals surface area (Å²) in [7, 11) is 2.21. The molecule has 1 aliphatic heterocycles. The van der Waals surface area contributed by atoms with Crippen molar-refractivity contribution >= 4 is 11.5 Å². The molecule has 0 unspecified atom stereocenters. The van der Waals surface area contributed by atoms with Gasteiger partial charge < -0.3 is 15.5 Å². The van der Waals surface area contributed by atoms with Crippen LogP contribution in [-0.4, -0.2) is 43.1 Å². The Bertz CT molecular complexity index is 592. The van der Waals surface area contributed by atoms with Crippen molar-refractivity contribution in [1.29, 1.82) is 0 Å². The zero-order valence-corrected chi connectivity index (χ0v) is 14.8. The first-order valence-corrected chi connectivity index (χ1v) is 9.86. The van der Waals surface area contributed by atoms with Gasteiger partial charge in [0.15, 0.2) is 0 Å². The minimum absolute atomic E-state index is 0.674. The first kappa shape index (κ1) is 15.0. The fraction of sp³-hybridized carbons (Fsp3) is 0.750. The Kier molecular flexibility index (Phi) is 3.51. The highest BCUT2D eigenvalue weighted by molar-refractivity contribution is 5.55. The van der Waals surface area contributed by atoms with E-state index in [0.29, 0.717) is 5.92 Å². The van der Waals surface area contributed by atoms with Crippen LogP contribution in [0.4, 0.5) is 11.5 Å². The van der Waals surface area contributed by atoms with Gasteiger partial charge in [-0.3, -0.25) is 0 Å². The van der Waals surface area contributed by atoms with Crippen LogP contribution in [0.2, 0.25) is 0 Å². The molecule has 0 atom stereocenters. The van der Waals surface area contributed by atoms with Crippen molar-refractivity contribution in [3.05, 3.63) is 17.8 Å². The smallest absolute Gasteiger partial charge is 0.125 e. The number of likely N-dealkylation sites (N-methyl/N-ethyl adjacent to an activating group) is 1. The Morgan fingerprint density at radius 2 is 1.54 bits per heavy atom. The van der Waals surface area contributed by atoms with Crippen LogP contribution in [0.1, 0.15) is 43.7 Å². The lowest BCUT2D eigenvalue weighted by atomic mass is 9.51. The zero-order valence-electron chi connectivity index (χ0n) is 14.8. The van der Waals surface area contributed by atoms with Crippen LogP contribution in [0.15, 0.2) is 12.1 Å². The van der Waals surface area contributed by atoms with Crippen molar-refractivity contribution in [3.63, 3.8) is 0 Å². The molecule has 2 N–H and O–H groups in total. The van der Waals surface area contributed by atoms with Gasteiger partial charge >= 0.3 is 0 Å². The maximum Gasteiger partial charge on any atom is 0.125 e. The Morgan fingerprint density at radius 1 is 0.917 bits per heavy atom. The zero-order chi connectivity index (χ0) is 16.3. The van der Waals surface area contributed by atoms with Crippen LogP contribution in [-0.2, 0) is 0 Å².